The SMILES string of the molecule is Cc1cccc(CNC[C@@]2(O)CN(C(=O)CCc3ccccc3)CC[C@@H]2O)c1C. The van der Waals surface area contributed by atoms with Gasteiger partial charge >= 0.3 is 0 Å². The number of piperidine rings is 1. The lowest BCUT2D eigenvalue weighted by Crippen LogP contribution is -2.62. The van der Waals surface area contributed by atoms with Crippen LogP contribution in [0.3, 0.4) is 0 Å². The van der Waals surface area contributed by atoms with Crippen LogP contribution in [0.1, 0.15) is 35.1 Å². The number of aliphatic hydroxyl groups excluding tert-OH is 1. The zero-order valence-electron chi connectivity index (χ0n) is 17.4. The van der Waals surface area contributed by atoms with Gasteiger partial charge in [0.05, 0.1) is 12.6 Å². The summed E-state index contributed by atoms with van der Waals surface area (Å²) in [6.07, 6.45) is 0.638. The first kappa shape index (κ1) is 21.5. The average molecular weight is 397 g/mol. The smallest absolute Gasteiger partial charge is 0.223 e. The highest BCUT2D eigenvalue weighted by molar-refractivity contribution is 5.76. The summed E-state index contributed by atoms with van der Waals surface area (Å²) < 4.78 is 0. The van der Waals surface area contributed by atoms with Gasteiger partial charge in [0.15, 0.2) is 0 Å². The number of aryl methyl sites for hydroxylation is 2. The molecule has 0 unspecified atom stereocenters. The van der Waals surface area contributed by atoms with Gasteiger partial charge in [0.25, 0.3) is 0 Å². The van der Waals surface area contributed by atoms with E-state index >= 15 is 0 Å². The molecule has 3 rings (SSSR count). The van der Waals surface area contributed by atoms with Crippen molar-refractivity contribution in [1.29, 1.82) is 0 Å². The number of hydrogen-bond acceptors (Lipinski definition) is 4. The summed E-state index contributed by atoms with van der Waals surface area (Å²) >= 11 is 0. The molecule has 156 valence electrons. The van der Waals surface area contributed by atoms with Crippen molar-refractivity contribution in [3.05, 3.63) is 70.8 Å². The van der Waals surface area contributed by atoms with Crippen molar-refractivity contribution in [2.45, 2.75) is 51.4 Å². The van der Waals surface area contributed by atoms with Gasteiger partial charge in [-0.2, -0.15) is 0 Å². The first-order valence-electron chi connectivity index (χ1n) is 10.4. The molecule has 5 nitrogen and oxygen atoms in total. The fourth-order valence-electron chi connectivity index (χ4n) is 3.92. The lowest BCUT2D eigenvalue weighted by molar-refractivity contribution is -0.151. The molecule has 0 aromatic heterocycles. The zero-order chi connectivity index (χ0) is 20.9. The molecule has 0 aliphatic carbocycles. The maximum Gasteiger partial charge on any atom is 0.223 e. The highest BCUT2D eigenvalue weighted by Crippen LogP contribution is 2.23. The Morgan fingerprint density at radius 2 is 1.93 bits per heavy atom. The van der Waals surface area contributed by atoms with Gasteiger partial charge in [-0.15, -0.1) is 0 Å². The number of hydrogen-bond donors (Lipinski definition) is 3. The Labute approximate surface area is 173 Å². The molecule has 1 amide bonds. The maximum atomic E-state index is 12.7. The van der Waals surface area contributed by atoms with E-state index in [9.17, 15) is 15.0 Å². The Morgan fingerprint density at radius 1 is 1.17 bits per heavy atom. The first-order valence-corrected chi connectivity index (χ1v) is 10.4. The average Bonchev–Trinajstić information content (AvgIpc) is 2.72. The van der Waals surface area contributed by atoms with Gasteiger partial charge in [-0.3, -0.25) is 4.79 Å². The second-order valence-electron chi connectivity index (χ2n) is 8.17. The molecule has 5 heteroatoms. The molecule has 0 saturated carbocycles. The topological polar surface area (TPSA) is 72.8 Å². The number of carbonyl (C=O) groups excluding carboxylic acids is 1. The van der Waals surface area contributed by atoms with Crippen LogP contribution in [-0.2, 0) is 17.8 Å². The molecule has 2 atom stereocenters. The molecule has 1 aliphatic rings. The van der Waals surface area contributed by atoms with Crippen LogP contribution < -0.4 is 5.32 Å². The first-order chi connectivity index (χ1) is 13.9. The third-order valence-corrected chi connectivity index (χ3v) is 6.04. The molecule has 1 aliphatic heterocycles. The van der Waals surface area contributed by atoms with E-state index < -0.39 is 11.7 Å². The van der Waals surface area contributed by atoms with Crippen LogP contribution >= 0.6 is 0 Å². The summed E-state index contributed by atoms with van der Waals surface area (Å²) in [6, 6.07) is 16.1. The number of benzene rings is 2. The van der Waals surface area contributed by atoms with Gasteiger partial charge in [0.1, 0.15) is 5.60 Å². The van der Waals surface area contributed by atoms with Gasteiger partial charge in [-0.1, -0.05) is 48.5 Å². The van der Waals surface area contributed by atoms with Crippen molar-refractivity contribution in [2.75, 3.05) is 19.6 Å². The summed E-state index contributed by atoms with van der Waals surface area (Å²) in [5.74, 6) is 0.0220. The number of amides is 1. The molecule has 29 heavy (non-hydrogen) atoms. The number of aliphatic hydroxyl groups is 2. The quantitative estimate of drug-likeness (QED) is 0.672. The van der Waals surface area contributed by atoms with Gasteiger partial charge < -0.3 is 20.4 Å². The summed E-state index contributed by atoms with van der Waals surface area (Å²) in [4.78, 5) is 14.3. The highest BCUT2D eigenvalue weighted by Gasteiger charge is 2.42. The van der Waals surface area contributed by atoms with Crippen LogP contribution in [0.25, 0.3) is 0 Å². The molecule has 0 radical (unpaired) electrons. The molecule has 0 bridgehead atoms. The number of β-amino-alcohol motifs (C(OH)–C–C–N with tert-alkyl or cyclic N) is 1. The maximum absolute atomic E-state index is 12.7. The zero-order valence-corrected chi connectivity index (χ0v) is 17.4. The van der Waals surface area contributed by atoms with Crippen molar-refractivity contribution in [3.63, 3.8) is 0 Å². The number of nitrogens with one attached hydrogen (secondary N) is 1. The van der Waals surface area contributed by atoms with Crippen molar-refractivity contribution in [1.82, 2.24) is 10.2 Å². The van der Waals surface area contributed by atoms with Gasteiger partial charge in [-0.05, 0) is 48.9 Å². The van der Waals surface area contributed by atoms with Crippen LogP contribution in [0, 0.1) is 13.8 Å². The Hall–Kier alpha value is -2.21. The molecule has 3 N–H and O–H groups in total. The molecule has 0 spiro atoms. The molecule has 1 saturated heterocycles. The van der Waals surface area contributed by atoms with Crippen molar-refractivity contribution >= 4 is 5.91 Å². The van der Waals surface area contributed by atoms with Crippen LogP contribution in [0.4, 0.5) is 0 Å². The monoisotopic (exact) mass is 396 g/mol. The number of likely N-dealkylation sites (tertiary alicyclic amines) is 1. The predicted octanol–water partition coefficient (Wildman–Crippen LogP) is 2.35. The molecule has 2 aromatic rings. The summed E-state index contributed by atoms with van der Waals surface area (Å²) in [5.41, 5.74) is 3.43. The van der Waals surface area contributed by atoms with E-state index in [0.717, 1.165) is 5.56 Å². The second kappa shape index (κ2) is 9.53. The van der Waals surface area contributed by atoms with E-state index in [2.05, 4.69) is 31.3 Å². The van der Waals surface area contributed by atoms with Crippen LogP contribution in [0.5, 0.6) is 0 Å². The van der Waals surface area contributed by atoms with Crippen LogP contribution in [-0.4, -0.2) is 52.4 Å². The number of carbonyl (C=O) groups is 1. The van der Waals surface area contributed by atoms with Gasteiger partial charge in [0.2, 0.25) is 5.91 Å². The van der Waals surface area contributed by atoms with E-state index in [1.165, 1.54) is 16.7 Å². The van der Waals surface area contributed by atoms with Gasteiger partial charge in [-0.25, -0.2) is 0 Å². The van der Waals surface area contributed by atoms with E-state index in [4.69, 9.17) is 0 Å². The normalized spacial score (nSPS) is 21.9. The summed E-state index contributed by atoms with van der Waals surface area (Å²) in [5, 5.41) is 24.7. The fourth-order valence-corrected chi connectivity index (χ4v) is 3.92. The molecule has 1 heterocycles. The lowest BCUT2D eigenvalue weighted by Gasteiger charge is -2.43. The largest absolute Gasteiger partial charge is 0.390 e. The molecular weight excluding hydrogens is 364 g/mol. The number of rotatable bonds is 7. The van der Waals surface area contributed by atoms with Crippen molar-refractivity contribution < 1.29 is 15.0 Å². The lowest BCUT2D eigenvalue weighted by atomic mass is 9.89. The van der Waals surface area contributed by atoms with Crippen molar-refractivity contribution in [3.8, 4) is 0 Å². The third kappa shape index (κ3) is 5.44. The van der Waals surface area contributed by atoms with E-state index in [1.54, 1.807) is 4.90 Å². The minimum absolute atomic E-state index is 0.0220. The van der Waals surface area contributed by atoms with Crippen LogP contribution in [0.2, 0.25) is 0 Å². The Balaban J connectivity index is 1.54. The Kier molecular flexibility index (Phi) is 7.06. The van der Waals surface area contributed by atoms with E-state index in [-0.39, 0.29) is 19.0 Å². The predicted molar refractivity (Wildman–Crippen MR) is 115 cm³/mol. The molecular formula is C24H32N2O3. The molecule has 1 fully saturated rings. The summed E-state index contributed by atoms with van der Waals surface area (Å²) in [7, 11) is 0. The summed E-state index contributed by atoms with van der Waals surface area (Å²) in [6.45, 7) is 5.66. The van der Waals surface area contributed by atoms with Gasteiger partial charge in [0, 0.05) is 26.1 Å². The van der Waals surface area contributed by atoms with E-state index in [0.29, 0.717) is 32.4 Å². The third-order valence-electron chi connectivity index (χ3n) is 6.04. The van der Waals surface area contributed by atoms with Crippen molar-refractivity contribution in [2.24, 2.45) is 0 Å². The van der Waals surface area contributed by atoms with Crippen LogP contribution in [0.15, 0.2) is 48.5 Å². The van der Waals surface area contributed by atoms with E-state index in [1.807, 2.05) is 36.4 Å². The Morgan fingerprint density at radius 3 is 2.69 bits per heavy atom. The fraction of sp³-hybridized carbons (Fsp3) is 0.458. The molecule has 2 aromatic carbocycles. The number of nitrogens with zero attached hydrogens (tertiary/aromatic N) is 1. The minimum Gasteiger partial charge on any atom is -0.390 e. The standard InChI is InChI=1S/C24H32N2O3/c1-18-7-6-10-21(19(18)2)15-25-16-24(29)17-26(14-13-22(24)27)23(28)12-11-20-8-4-3-5-9-20/h3-10,22,25,27,29H,11-17H2,1-2H3/t22-,24+/m0/s1. The highest BCUT2D eigenvalue weighted by atomic mass is 16.3. The minimum atomic E-state index is -1.33. The Bertz CT molecular complexity index is 824. The second-order valence-corrected chi connectivity index (χ2v) is 8.17.